The molecule has 2 N–H and O–H groups in total. The van der Waals surface area contributed by atoms with Gasteiger partial charge in [0.25, 0.3) is 11.8 Å². The monoisotopic (exact) mass is 545 g/mol. The second-order valence-corrected chi connectivity index (χ2v) is 9.69. The highest BCUT2D eigenvalue weighted by Gasteiger charge is 2.22. The van der Waals surface area contributed by atoms with Crippen molar-refractivity contribution in [2.75, 3.05) is 5.75 Å². The van der Waals surface area contributed by atoms with E-state index in [1.807, 2.05) is 78.9 Å². The summed E-state index contributed by atoms with van der Waals surface area (Å²) in [5, 5.41) is 9.19. The predicted octanol–water partition coefficient (Wildman–Crippen LogP) is 5.78. The van der Waals surface area contributed by atoms with Crippen LogP contribution in [0.25, 0.3) is 10.8 Å². The minimum Gasteiger partial charge on any atom is -0.339 e. The van der Waals surface area contributed by atoms with Gasteiger partial charge in [0, 0.05) is 21.5 Å². The van der Waals surface area contributed by atoms with Gasteiger partial charge in [0.05, 0.1) is 11.8 Å². The molecule has 176 valence electrons. The fraction of sp³-hybridized carbons (Fsp3) is 0.107. The number of carbonyl (C=O) groups excluding carboxylic acids is 2. The zero-order chi connectivity index (χ0) is 24.5. The van der Waals surface area contributed by atoms with E-state index in [1.54, 1.807) is 36.2 Å². The molecule has 4 aromatic carbocycles. The number of hydrogen-bond donors (Lipinski definition) is 2. The number of carbonyl (C=O) groups is 2. The van der Waals surface area contributed by atoms with Crippen LogP contribution in [0.4, 0.5) is 0 Å². The predicted molar refractivity (Wildman–Crippen MR) is 148 cm³/mol. The molecular formula is C28H24BrN3O2S. The van der Waals surface area contributed by atoms with E-state index in [0.29, 0.717) is 15.8 Å². The first-order valence-corrected chi connectivity index (χ1v) is 13.0. The Balaban J connectivity index is 1.45. The Morgan fingerprint density at radius 1 is 0.886 bits per heavy atom. The van der Waals surface area contributed by atoms with Crippen LogP contribution in [0.2, 0.25) is 0 Å². The molecule has 0 aliphatic carbocycles. The van der Waals surface area contributed by atoms with Gasteiger partial charge in [-0.05, 0) is 44.4 Å². The van der Waals surface area contributed by atoms with Crippen LogP contribution in [0.5, 0.6) is 0 Å². The van der Waals surface area contributed by atoms with Gasteiger partial charge in [-0.3, -0.25) is 9.59 Å². The molecule has 0 fully saturated rings. The third kappa shape index (κ3) is 6.81. The van der Waals surface area contributed by atoms with E-state index in [2.05, 4.69) is 31.8 Å². The number of nitrogens with one attached hydrogen (secondary N) is 2. The number of benzene rings is 4. The van der Waals surface area contributed by atoms with E-state index >= 15 is 0 Å². The van der Waals surface area contributed by atoms with Crippen molar-refractivity contribution < 1.29 is 9.59 Å². The van der Waals surface area contributed by atoms with Gasteiger partial charge in [-0.1, -0.05) is 84.9 Å². The summed E-state index contributed by atoms with van der Waals surface area (Å²) in [4.78, 5) is 25.9. The van der Waals surface area contributed by atoms with Crippen LogP contribution in [-0.2, 0) is 10.5 Å². The summed E-state index contributed by atoms with van der Waals surface area (Å²) in [5.74, 6) is 0.439. The summed E-state index contributed by atoms with van der Waals surface area (Å²) in [7, 11) is 0. The van der Waals surface area contributed by atoms with Gasteiger partial charge >= 0.3 is 0 Å². The third-order valence-electron chi connectivity index (χ3n) is 5.34. The topological polar surface area (TPSA) is 70.6 Å². The maximum Gasteiger partial charge on any atom is 0.263 e. The van der Waals surface area contributed by atoms with Gasteiger partial charge in [-0.25, -0.2) is 5.43 Å². The maximum absolute atomic E-state index is 13.0. The molecule has 0 aliphatic rings. The molecule has 0 aromatic heterocycles. The molecule has 0 bridgehead atoms. The molecule has 5 nitrogen and oxygen atoms in total. The number of nitrogens with zero attached hydrogens (tertiary/aromatic N) is 1. The zero-order valence-corrected chi connectivity index (χ0v) is 21.3. The van der Waals surface area contributed by atoms with E-state index < -0.39 is 6.04 Å². The molecule has 0 spiro atoms. The standard InChI is InChI=1S/C28H24BrN3O2S/c29-25-16-7-6-15-24(25)27(33)31-26(19-35-18-20-9-2-1-3-10-20)28(34)32-30-17-22-13-8-12-21-11-4-5-14-23(21)22/h1-17,26H,18-19H2,(H,31,33)(H,32,34). The largest absolute Gasteiger partial charge is 0.339 e. The lowest BCUT2D eigenvalue weighted by molar-refractivity contribution is -0.122. The lowest BCUT2D eigenvalue weighted by atomic mass is 10.1. The Morgan fingerprint density at radius 2 is 1.60 bits per heavy atom. The molecule has 35 heavy (non-hydrogen) atoms. The molecule has 0 aliphatic heterocycles. The summed E-state index contributed by atoms with van der Waals surface area (Å²) in [6, 6.07) is 30.3. The summed E-state index contributed by atoms with van der Waals surface area (Å²) in [5.41, 5.74) is 5.13. The van der Waals surface area contributed by atoms with Gasteiger partial charge in [-0.2, -0.15) is 16.9 Å². The second-order valence-electron chi connectivity index (χ2n) is 7.81. The molecule has 2 amide bonds. The van der Waals surface area contributed by atoms with Crippen molar-refractivity contribution in [3.05, 3.63) is 118 Å². The number of halogens is 1. The first kappa shape index (κ1) is 24.7. The van der Waals surface area contributed by atoms with Crippen LogP contribution in [0.15, 0.2) is 107 Å². The summed E-state index contributed by atoms with van der Waals surface area (Å²) < 4.78 is 0.669. The van der Waals surface area contributed by atoms with Crippen LogP contribution < -0.4 is 10.7 Å². The minimum atomic E-state index is -0.756. The van der Waals surface area contributed by atoms with Crippen molar-refractivity contribution in [1.82, 2.24) is 10.7 Å². The number of amides is 2. The van der Waals surface area contributed by atoms with Gasteiger partial charge in [0.15, 0.2) is 0 Å². The van der Waals surface area contributed by atoms with Crippen LogP contribution in [0.3, 0.4) is 0 Å². The lowest BCUT2D eigenvalue weighted by Gasteiger charge is -2.17. The molecule has 4 rings (SSSR count). The molecule has 0 heterocycles. The Hall–Kier alpha value is -3.42. The average molecular weight is 546 g/mol. The molecular weight excluding hydrogens is 522 g/mol. The van der Waals surface area contributed by atoms with Gasteiger partial charge in [0.1, 0.15) is 6.04 Å². The van der Waals surface area contributed by atoms with E-state index in [0.717, 1.165) is 27.7 Å². The quantitative estimate of drug-likeness (QED) is 0.207. The summed E-state index contributed by atoms with van der Waals surface area (Å²) >= 11 is 4.98. The molecule has 7 heteroatoms. The molecule has 4 aromatic rings. The third-order valence-corrected chi connectivity index (χ3v) is 7.14. The average Bonchev–Trinajstić information content (AvgIpc) is 2.89. The fourth-order valence-corrected chi connectivity index (χ4v) is 5.02. The number of rotatable bonds is 9. The van der Waals surface area contributed by atoms with Crippen molar-refractivity contribution in [3.63, 3.8) is 0 Å². The SMILES string of the molecule is O=C(NC(CSCc1ccccc1)C(=O)NN=Cc1cccc2ccccc12)c1ccccc1Br. The highest BCUT2D eigenvalue weighted by Crippen LogP contribution is 2.18. The minimum absolute atomic E-state index is 0.323. The van der Waals surface area contributed by atoms with Gasteiger partial charge in [0.2, 0.25) is 0 Å². The van der Waals surface area contributed by atoms with Crippen LogP contribution in [0, 0.1) is 0 Å². The second kappa shape index (κ2) is 12.3. The maximum atomic E-state index is 13.0. The lowest BCUT2D eigenvalue weighted by Crippen LogP contribution is -2.47. The van der Waals surface area contributed by atoms with Crippen molar-refractivity contribution in [3.8, 4) is 0 Å². The highest BCUT2D eigenvalue weighted by atomic mass is 79.9. The van der Waals surface area contributed by atoms with E-state index in [9.17, 15) is 9.59 Å². The molecule has 0 saturated carbocycles. The fourth-order valence-electron chi connectivity index (χ4n) is 3.54. The summed E-state index contributed by atoms with van der Waals surface area (Å²) in [6.45, 7) is 0. The van der Waals surface area contributed by atoms with Gasteiger partial charge < -0.3 is 5.32 Å². The normalized spacial score (nSPS) is 11.9. The van der Waals surface area contributed by atoms with Crippen molar-refractivity contribution in [2.45, 2.75) is 11.8 Å². The van der Waals surface area contributed by atoms with Crippen molar-refractivity contribution in [2.24, 2.45) is 5.10 Å². The summed E-state index contributed by atoms with van der Waals surface area (Å²) in [6.07, 6.45) is 1.63. The first-order valence-electron chi connectivity index (χ1n) is 11.1. The van der Waals surface area contributed by atoms with Crippen LogP contribution in [-0.4, -0.2) is 29.8 Å². The Labute approximate surface area is 217 Å². The van der Waals surface area contributed by atoms with E-state index in [1.165, 1.54) is 0 Å². The Morgan fingerprint density at radius 3 is 2.43 bits per heavy atom. The van der Waals surface area contributed by atoms with Crippen molar-refractivity contribution in [1.29, 1.82) is 0 Å². The van der Waals surface area contributed by atoms with E-state index in [-0.39, 0.29) is 11.8 Å². The highest BCUT2D eigenvalue weighted by molar-refractivity contribution is 9.10. The molecule has 1 atom stereocenters. The van der Waals surface area contributed by atoms with Gasteiger partial charge in [-0.15, -0.1) is 0 Å². The smallest absolute Gasteiger partial charge is 0.263 e. The number of hydrogen-bond acceptors (Lipinski definition) is 4. The van der Waals surface area contributed by atoms with Crippen LogP contribution >= 0.6 is 27.7 Å². The number of fused-ring (bicyclic) bond motifs is 1. The molecule has 0 saturated heterocycles. The first-order chi connectivity index (χ1) is 17.1. The Kier molecular flexibility index (Phi) is 8.70. The number of thioether (sulfide) groups is 1. The molecule has 1 unspecified atom stereocenters. The number of hydrazone groups is 1. The van der Waals surface area contributed by atoms with Crippen molar-refractivity contribution >= 4 is 56.5 Å². The molecule has 0 radical (unpaired) electrons. The van der Waals surface area contributed by atoms with Crippen LogP contribution in [0.1, 0.15) is 21.5 Å². The Bertz CT molecular complexity index is 1340. The zero-order valence-electron chi connectivity index (χ0n) is 18.9. The van der Waals surface area contributed by atoms with E-state index in [4.69, 9.17) is 0 Å².